The monoisotopic (exact) mass is 444 g/mol. The molecule has 0 fully saturated rings. The molecule has 2 rings (SSSR count). The summed E-state index contributed by atoms with van der Waals surface area (Å²) < 4.78 is 19.2. The van der Waals surface area contributed by atoms with Crippen LogP contribution in [0.15, 0.2) is 57.4 Å². The quantitative estimate of drug-likeness (QED) is 0.458. The molecule has 0 aliphatic rings. The molecule has 0 spiro atoms. The molecule has 0 saturated heterocycles. The molecule has 32 heavy (non-hydrogen) atoms. The second kappa shape index (κ2) is 13.6. The van der Waals surface area contributed by atoms with Crippen molar-refractivity contribution in [3.8, 4) is 0 Å². The number of carboxylic acids is 2. The van der Waals surface area contributed by atoms with Crippen molar-refractivity contribution in [3.63, 3.8) is 0 Å². The fourth-order valence-electron chi connectivity index (χ4n) is 1.84. The Kier molecular flexibility index (Phi) is 10.8. The number of carbonyl (C=O) groups excluding carboxylic acids is 2. The maximum absolute atomic E-state index is 10.8. The SMILES string of the molecule is COC(=O)/C=C/c1ccc(/C=C/C(=O)OC)o1.O=C(O)/C=C/c1ccc(/C=C/C(=O)O)o1. The minimum absolute atomic E-state index is 0.349. The van der Waals surface area contributed by atoms with Gasteiger partial charge in [0, 0.05) is 24.3 Å². The number of aliphatic carboxylic acids is 2. The third-order valence-electron chi connectivity index (χ3n) is 3.25. The highest BCUT2D eigenvalue weighted by Gasteiger charge is 1.99. The first-order valence-electron chi connectivity index (χ1n) is 8.77. The van der Waals surface area contributed by atoms with Crippen molar-refractivity contribution in [2.45, 2.75) is 0 Å². The van der Waals surface area contributed by atoms with E-state index in [0.29, 0.717) is 23.0 Å². The van der Waals surface area contributed by atoms with E-state index < -0.39 is 23.9 Å². The van der Waals surface area contributed by atoms with Crippen molar-refractivity contribution in [1.82, 2.24) is 0 Å². The summed E-state index contributed by atoms with van der Waals surface area (Å²) in [4.78, 5) is 42.0. The maximum atomic E-state index is 10.8. The van der Waals surface area contributed by atoms with Gasteiger partial charge in [-0.25, -0.2) is 19.2 Å². The van der Waals surface area contributed by atoms with Crippen molar-refractivity contribution in [2.75, 3.05) is 14.2 Å². The van der Waals surface area contributed by atoms with E-state index >= 15 is 0 Å². The average molecular weight is 444 g/mol. The second-order valence-electron chi connectivity index (χ2n) is 5.54. The molecule has 2 aromatic heterocycles. The molecule has 0 aliphatic carbocycles. The molecular weight excluding hydrogens is 424 g/mol. The topological polar surface area (TPSA) is 153 Å². The van der Waals surface area contributed by atoms with Gasteiger partial charge >= 0.3 is 23.9 Å². The van der Waals surface area contributed by atoms with Gasteiger partial charge < -0.3 is 28.5 Å². The molecule has 0 bridgehead atoms. The highest BCUT2D eigenvalue weighted by Crippen LogP contribution is 2.12. The number of ether oxygens (including phenoxy) is 2. The third-order valence-corrected chi connectivity index (χ3v) is 3.25. The number of rotatable bonds is 8. The Morgan fingerprint density at radius 1 is 0.625 bits per heavy atom. The lowest BCUT2D eigenvalue weighted by atomic mass is 10.3. The number of carbonyl (C=O) groups is 4. The van der Waals surface area contributed by atoms with Crippen LogP contribution in [-0.2, 0) is 28.7 Å². The summed E-state index contributed by atoms with van der Waals surface area (Å²) in [6, 6.07) is 6.41. The van der Waals surface area contributed by atoms with Crippen LogP contribution >= 0.6 is 0 Å². The summed E-state index contributed by atoms with van der Waals surface area (Å²) in [6.45, 7) is 0. The van der Waals surface area contributed by atoms with Crippen LogP contribution in [0.3, 0.4) is 0 Å². The summed E-state index contributed by atoms with van der Waals surface area (Å²) >= 11 is 0. The minimum atomic E-state index is -1.07. The van der Waals surface area contributed by atoms with Crippen LogP contribution in [0.5, 0.6) is 0 Å². The molecule has 2 N–H and O–H groups in total. The van der Waals surface area contributed by atoms with E-state index in [-0.39, 0.29) is 0 Å². The lowest BCUT2D eigenvalue weighted by Gasteiger charge is -1.89. The second-order valence-corrected chi connectivity index (χ2v) is 5.54. The fourth-order valence-corrected chi connectivity index (χ4v) is 1.84. The molecule has 0 aromatic carbocycles. The Morgan fingerprint density at radius 2 is 0.906 bits per heavy atom. The molecule has 168 valence electrons. The largest absolute Gasteiger partial charge is 0.478 e. The van der Waals surface area contributed by atoms with Gasteiger partial charge in [0.15, 0.2) is 0 Å². The van der Waals surface area contributed by atoms with E-state index in [1.165, 1.54) is 50.7 Å². The number of carboxylic acid groups (broad SMARTS) is 2. The number of hydrogen-bond donors (Lipinski definition) is 2. The molecule has 10 nitrogen and oxygen atoms in total. The van der Waals surface area contributed by atoms with Crippen LogP contribution in [0.2, 0.25) is 0 Å². The first kappa shape index (κ1) is 25.4. The minimum Gasteiger partial charge on any atom is -0.478 e. The molecule has 0 unspecified atom stereocenters. The van der Waals surface area contributed by atoms with Crippen molar-refractivity contribution >= 4 is 48.2 Å². The van der Waals surface area contributed by atoms with Crippen LogP contribution in [0.4, 0.5) is 0 Å². The Morgan fingerprint density at radius 3 is 1.16 bits per heavy atom. The van der Waals surface area contributed by atoms with Gasteiger partial charge in [0.1, 0.15) is 23.0 Å². The highest BCUT2D eigenvalue weighted by atomic mass is 16.5. The van der Waals surface area contributed by atoms with Gasteiger partial charge in [-0.2, -0.15) is 0 Å². The maximum Gasteiger partial charge on any atom is 0.330 e. The lowest BCUT2D eigenvalue weighted by molar-refractivity contribution is -0.135. The Hall–Kier alpha value is -4.60. The van der Waals surface area contributed by atoms with E-state index in [9.17, 15) is 19.2 Å². The smallest absolute Gasteiger partial charge is 0.330 e. The summed E-state index contributed by atoms with van der Waals surface area (Å²) in [5, 5.41) is 16.7. The standard InChI is InChI=1S/C12H12O5.C10H8O5/c1-15-11(13)7-5-9-3-4-10(17-9)6-8-12(14)16-2;11-9(12)5-3-7-1-2-8(15-7)4-6-10(13)14/h3-8H,1-2H3;1-6H,(H,11,12)(H,13,14)/b7-5+,8-6+;5-3+,6-4+. The van der Waals surface area contributed by atoms with Crippen LogP contribution in [0, 0.1) is 0 Å². The summed E-state index contributed by atoms with van der Waals surface area (Å²) in [5.41, 5.74) is 0. The number of esters is 2. The van der Waals surface area contributed by atoms with E-state index in [1.54, 1.807) is 24.3 Å². The molecular formula is C22H20O10. The normalized spacial score (nSPS) is 11.1. The Labute approximate surface area is 182 Å². The lowest BCUT2D eigenvalue weighted by Crippen LogP contribution is -1.93. The zero-order valence-corrected chi connectivity index (χ0v) is 17.1. The van der Waals surface area contributed by atoms with Crippen LogP contribution in [0.1, 0.15) is 23.0 Å². The van der Waals surface area contributed by atoms with Crippen LogP contribution in [0.25, 0.3) is 24.3 Å². The molecule has 0 amide bonds. The predicted molar refractivity (Wildman–Crippen MR) is 113 cm³/mol. The predicted octanol–water partition coefficient (Wildman–Crippen LogP) is 3.13. The average Bonchev–Trinajstić information content (AvgIpc) is 3.42. The zero-order chi connectivity index (χ0) is 23.9. The van der Waals surface area contributed by atoms with Crippen molar-refractivity contribution in [1.29, 1.82) is 0 Å². The van der Waals surface area contributed by atoms with E-state index in [2.05, 4.69) is 9.47 Å². The zero-order valence-electron chi connectivity index (χ0n) is 17.1. The van der Waals surface area contributed by atoms with Crippen molar-refractivity contribution < 1.29 is 47.7 Å². The fraction of sp³-hybridized carbons (Fsp3) is 0.0909. The van der Waals surface area contributed by atoms with Gasteiger partial charge in [-0.15, -0.1) is 0 Å². The van der Waals surface area contributed by atoms with Gasteiger partial charge in [0.2, 0.25) is 0 Å². The first-order chi connectivity index (χ1) is 15.2. The van der Waals surface area contributed by atoms with E-state index in [0.717, 1.165) is 12.2 Å². The Bertz CT molecular complexity index is 967. The molecule has 2 heterocycles. The summed E-state index contributed by atoms with van der Waals surface area (Å²) in [7, 11) is 2.58. The number of hydrogen-bond acceptors (Lipinski definition) is 8. The molecule has 0 radical (unpaired) electrons. The third kappa shape index (κ3) is 10.8. The highest BCUT2D eigenvalue weighted by molar-refractivity contribution is 5.87. The van der Waals surface area contributed by atoms with Gasteiger partial charge in [-0.3, -0.25) is 0 Å². The first-order valence-corrected chi connectivity index (χ1v) is 8.77. The van der Waals surface area contributed by atoms with Crippen molar-refractivity contribution in [2.24, 2.45) is 0 Å². The summed E-state index contributed by atoms with van der Waals surface area (Å²) in [5.74, 6) is -1.41. The molecule has 0 aliphatic heterocycles. The van der Waals surface area contributed by atoms with Gasteiger partial charge in [-0.1, -0.05) is 0 Å². The van der Waals surface area contributed by atoms with E-state index in [1.807, 2.05) is 0 Å². The molecule has 0 atom stereocenters. The summed E-state index contributed by atoms with van der Waals surface area (Å²) in [6.07, 6.45) is 9.86. The van der Waals surface area contributed by atoms with Crippen LogP contribution in [-0.4, -0.2) is 48.3 Å². The van der Waals surface area contributed by atoms with E-state index in [4.69, 9.17) is 19.0 Å². The molecule has 10 heteroatoms. The number of furan rings is 2. The molecule has 0 saturated carbocycles. The Balaban J connectivity index is 0.000000323. The van der Waals surface area contributed by atoms with Crippen LogP contribution < -0.4 is 0 Å². The molecule has 2 aromatic rings. The van der Waals surface area contributed by atoms with Crippen molar-refractivity contribution in [3.05, 3.63) is 71.6 Å². The van der Waals surface area contributed by atoms with Gasteiger partial charge in [0.05, 0.1) is 14.2 Å². The number of methoxy groups -OCH3 is 2. The van der Waals surface area contributed by atoms with Gasteiger partial charge in [-0.05, 0) is 48.6 Å². The van der Waals surface area contributed by atoms with Gasteiger partial charge in [0.25, 0.3) is 0 Å².